The molecule has 0 aliphatic carbocycles. The van der Waals surface area contributed by atoms with Crippen LogP contribution in [0.5, 0.6) is 11.5 Å². The number of methoxy groups -OCH3 is 2. The highest BCUT2D eigenvalue weighted by Crippen LogP contribution is 2.29. The van der Waals surface area contributed by atoms with Gasteiger partial charge in [-0.25, -0.2) is 13.1 Å². The quantitative estimate of drug-likeness (QED) is 0.343. The number of sulfonamides is 1. The fourth-order valence-corrected chi connectivity index (χ4v) is 4.52. The van der Waals surface area contributed by atoms with Crippen molar-refractivity contribution in [2.45, 2.75) is 4.21 Å². The van der Waals surface area contributed by atoms with Gasteiger partial charge in [-0.1, -0.05) is 11.6 Å². The van der Waals surface area contributed by atoms with Gasteiger partial charge >= 0.3 is 0 Å². The van der Waals surface area contributed by atoms with Gasteiger partial charge in [0.25, 0.3) is 0 Å². The molecule has 0 saturated carbocycles. The van der Waals surface area contributed by atoms with E-state index in [-0.39, 0.29) is 23.3 Å². The van der Waals surface area contributed by atoms with Crippen molar-refractivity contribution in [1.82, 2.24) is 4.72 Å². The highest BCUT2D eigenvalue weighted by molar-refractivity contribution is 7.91. The van der Waals surface area contributed by atoms with Crippen molar-refractivity contribution in [3.8, 4) is 11.5 Å². The van der Waals surface area contributed by atoms with Crippen molar-refractivity contribution in [2.24, 2.45) is 10.7 Å². The summed E-state index contributed by atoms with van der Waals surface area (Å²) in [4.78, 5) is 4.08. The van der Waals surface area contributed by atoms with Gasteiger partial charge in [-0.15, -0.1) is 11.3 Å². The largest absolute Gasteiger partial charge is 0.493 e. The number of halogens is 1. The molecule has 8 nitrogen and oxygen atoms in total. The van der Waals surface area contributed by atoms with Crippen LogP contribution in [0.25, 0.3) is 0 Å². The predicted molar refractivity (Wildman–Crippen MR) is 104 cm³/mol. The van der Waals surface area contributed by atoms with E-state index in [9.17, 15) is 8.42 Å². The number of guanidine groups is 1. The lowest BCUT2D eigenvalue weighted by Gasteiger charge is -2.11. The zero-order valence-corrected chi connectivity index (χ0v) is 16.5. The van der Waals surface area contributed by atoms with Gasteiger partial charge in [0.2, 0.25) is 10.0 Å². The van der Waals surface area contributed by atoms with Gasteiger partial charge in [0.1, 0.15) is 4.21 Å². The van der Waals surface area contributed by atoms with E-state index in [1.807, 2.05) is 0 Å². The Morgan fingerprint density at radius 1 is 1.23 bits per heavy atom. The lowest BCUT2D eigenvalue weighted by atomic mass is 10.3. The average molecular weight is 419 g/mol. The summed E-state index contributed by atoms with van der Waals surface area (Å²) in [6.07, 6.45) is 0. The first kappa shape index (κ1) is 20.3. The summed E-state index contributed by atoms with van der Waals surface area (Å²) in [5.74, 6) is 1.29. The van der Waals surface area contributed by atoms with E-state index < -0.39 is 10.0 Å². The summed E-state index contributed by atoms with van der Waals surface area (Å²) in [7, 11) is -0.509. The highest BCUT2D eigenvalue weighted by atomic mass is 35.5. The molecule has 0 radical (unpaired) electrons. The van der Waals surface area contributed by atoms with Crippen molar-refractivity contribution < 1.29 is 17.9 Å². The number of aliphatic imine (C=N–C) groups is 1. The summed E-state index contributed by atoms with van der Waals surface area (Å²) >= 11 is 6.74. The van der Waals surface area contributed by atoms with Gasteiger partial charge in [-0.3, -0.25) is 4.99 Å². The number of thiophene rings is 1. The van der Waals surface area contributed by atoms with E-state index >= 15 is 0 Å². The molecule has 11 heteroatoms. The number of nitrogens with zero attached hydrogens (tertiary/aromatic N) is 1. The Hall–Kier alpha value is -2.01. The molecule has 0 amide bonds. The Morgan fingerprint density at radius 3 is 2.58 bits per heavy atom. The second-order valence-electron chi connectivity index (χ2n) is 4.92. The third kappa shape index (κ3) is 5.49. The topological polar surface area (TPSA) is 115 Å². The van der Waals surface area contributed by atoms with Crippen molar-refractivity contribution in [1.29, 1.82) is 0 Å². The van der Waals surface area contributed by atoms with E-state index in [0.717, 1.165) is 11.3 Å². The van der Waals surface area contributed by atoms with Crippen LogP contribution >= 0.6 is 22.9 Å². The van der Waals surface area contributed by atoms with E-state index in [1.165, 1.54) is 19.2 Å². The van der Waals surface area contributed by atoms with E-state index in [4.69, 9.17) is 26.8 Å². The fourth-order valence-electron chi connectivity index (χ4n) is 1.97. The molecule has 26 heavy (non-hydrogen) atoms. The molecule has 0 unspecified atom stereocenters. The van der Waals surface area contributed by atoms with Crippen LogP contribution in [0.2, 0.25) is 4.34 Å². The first-order valence-electron chi connectivity index (χ1n) is 7.39. The molecule has 0 bridgehead atoms. The van der Waals surface area contributed by atoms with Gasteiger partial charge in [0, 0.05) is 18.3 Å². The van der Waals surface area contributed by atoms with Crippen LogP contribution in [-0.4, -0.2) is 41.7 Å². The van der Waals surface area contributed by atoms with Crippen LogP contribution in [-0.2, 0) is 10.0 Å². The van der Waals surface area contributed by atoms with Crippen molar-refractivity contribution >= 4 is 44.6 Å². The molecule has 2 aromatic rings. The third-order valence-electron chi connectivity index (χ3n) is 3.16. The van der Waals surface area contributed by atoms with Crippen LogP contribution < -0.4 is 25.2 Å². The van der Waals surface area contributed by atoms with Crippen LogP contribution in [0.4, 0.5) is 5.69 Å². The maximum Gasteiger partial charge on any atom is 0.250 e. The fraction of sp³-hybridized carbons (Fsp3) is 0.267. The first-order chi connectivity index (χ1) is 12.4. The summed E-state index contributed by atoms with van der Waals surface area (Å²) in [6.45, 7) is 0.274. The Kier molecular flexibility index (Phi) is 7.09. The molecule has 0 aliphatic rings. The maximum atomic E-state index is 12.0. The molecule has 1 aromatic carbocycles. The monoisotopic (exact) mass is 418 g/mol. The smallest absolute Gasteiger partial charge is 0.250 e. The van der Waals surface area contributed by atoms with Crippen molar-refractivity contribution in [3.63, 3.8) is 0 Å². The van der Waals surface area contributed by atoms with E-state index in [0.29, 0.717) is 21.5 Å². The number of nitrogens with one attached hydrogen (secondary N) is 2. The molecule has 0 saturated heterocycles. The zero-order chi connectivity index (χ0) is 19.2. The number of nitrogens with two attached hydrogens (primary N) is 1. The molecule has 1 aromatic heterocycles. The average Bonchev–Trinajstić information content (AvgIpc) is 3.06. The second kappa shape index (κ2) is 9.08. The Balaban J connectivity index is 1.89. The predicted octanol–water partition coefficient (Wildman–Crippen LogP) is 2.12. The van der Waals surface area contributed by atoms with Gasteiger partial charge in [0.05, 0.1) is 25.1 Å². The van der Waals surface area contributed by atoms with Crippen LogP contribution in [0.1, 0.15) is 0 Å². The molecular formula is C15H19ClN4O4S2. The van der Waals surface area contributed by atoms with Crippen molar-refractivity contribution in [3.05, 3.63) is 34.7 Å². The number of ether oxygens (including phenoxy) is 2. The van der Waals surface area contributed by atoms with Gasteiger partial charge in [-0.05, 0) is 24.3 Å². The van der Waals surface area contributed by atoms with Crippen LogP contribution in [0.3, 0.4) is 0 Å². The number of benzene rings is 1. The van der Waals surface area contributed by atoms with Crippen LogP contribution in [0.15, 0.2) is 39.5 Å². The molecule has 0 spiro atoms. The summed E-state index contributed by atoms with van der Waals surface area (Å²) in [5.41, 5.74) is 6.47. The zero-order valence-electron chi connectivity index (χ0n) is 14.2. The van der Waals surface area contributed by atoms with E-state index in [1.54, 1.807) is 25.3 Å². The molecular weight excluding hydrogens is 400 g/mol. The minimum absolute atomic E-state index is 0.103. The molecule has 0 aliphatic heterocycles. The van der Waals surface area contributed by atoms with Gasteiger partial charge < -0.3 is 20.5 Å². The number of anilines is 1. The minimum atomic E-state index is -3.59. The third-order valence-corrected chi connectivity index (χ3v) is 6.34. The van der Waals surface area contributed by atoms with Gasteiger partial charge in [-0.2, -0.15) is 0 Å². The molecule has 1 heterocycles. The summed E-state index contributed by atoms with van der Waals surface area (Å²) in [6, 6.07) is 8.18. The number of hydrogen-bond acceptors (Lipinski definition) is 6. The Morgan fingerprint density at radius 2 is 1.96 bits per heavy atom. The molecule has 0 fully saturated rings. The highest BCUT2D eigenvalue weighted by Gasteiger charge is 2.15. The first-order valence-corrected chi connectivity index (χ1v) is 10.1. The second-order valence-corrected chi connectivity index (χ2v) is 8.63. The Labute approximate surface area is 161 Å². The molecule has 2 rings (SSSR count). The molecule has 4 N–H and O–H groups in total. The van der Waals surface area contributed by atoms with Gasteiger partial charge in [0.15, 0.2) is 17.5 Å². The van der Waals surface area contributed by atoms with Crippen molar-refractivity contribution in [2.75, 3.05) is 32.6 Å². The summed E-state index contributed by atoms with van der Waals surface area (Å²) in [5, 5.41) is 2.90. The lowest BCUT2D eigenvalue weighted by molar-refractivity contribution is 0.355. The SMILES string of the molecule is COc1ccc(NC(N)=NCCNS(=O)(=O)c2ccc(Cl)s2)cc1OC. The van der Waals surface area contributed by atoms with Crippen LogP contribution in [0, 0.1) is 0 Å². The Bertz CT molecular complexity index is 884. The normalized spacial score (nSPS) is 12.0. The lowest BCUT2D eigenvalue weighted by Crippen LogP contribution is -2.28. The molecule has 142 valence electrons. The minimum Gasteiger partial charge on any atom is -0.493 e. The molecule has 0 atom stereocenters. The standard InChI is InChI=1S/C15H19ClN4O4S2/c1-23-11-4-3-10(9-12(11)24-2)20-15(17)18-7-8-19-26(21,22)14-6-5-13(16)25-14/h3-6,9,19H,7-8H2,1-2H3,(H3,17,18,20). The number of rotatable bonds is 8. The number of hydrogen-bond donors (Lipinski definition) is 3. The maximum absolute atomic E-state index is 12.0. The van der Waals surface area contributed by atoms with E-state index in [2.05, 4.69) is 15.0 Å². The summed E-state index contributed by atoms with van der Waals surface area (Å²) < 4.78 is 37.4.